The van der Waals surface area contributed by atoms with Crippen molar-refractivity contribution in [3.63, 3.8) is 0 Å². The first kappa shape index (κ1) is 9.03. The van der Waals surface area contributed by atoms with Crippen molar-refractivity contribution in [1.29, 1.82) is 0 Å². The zero-order chi connectivity index (χ0) is 9.59. The zero-order valence-corrected chi connectivity index (χ0v) is 7.68. The first-order valence-corrected chi connectivity index (χ1v) is 4.79. The first-order valence-electron chi connectivity index (χ1n) is 4.79. The summed E-state index contributed by atoms with van der Waals surface area (Å²) in [6, 6.07) is -0.148. The van der Waals surface area contributed by atoms with Crippen molar-refractivity contribution in [2.24, 2.45) is 5.92 Å². The fraction of sp³-hybridized carbons (Fsp3) is 0.875. The van der Waals surface area contributed by atoms with Gasteiger partial charge >= 0.3 is 13.0 Å². The molecule has 2 rings (SSSR count). The molecule has 0 aromatic rings. The Morgan fingerprint density at radius 1 is 1.54 bits per heavy atom. The van der Waals surface area contributed by atoms with Crippen LogP contribution in [-0.4, -0.2) is 40.0 Å². The van der Waals surface area contributed by atoms with E-state index in [0.717, 1.165) is 19.3 Å². The van der Waals surface area contributed by atoms with Crippen LogP contribution in [0.5, 0.6) is 0 Å². The maximum absolute atomic E-state index is 11.0. The molecule has 4 nitrogen and oxygen atoms in total. The molecule has 1 saturated carbocycles. The Morgan fingerprint density at radius 3 is 2.69 bits per heavy atom. The van der Waals surface area contributed by atoms with Gasteiger partial charge in [0.1, 0.15) is 6.04 Å². The number of carbonyl (C=O) groups is 1. The van der Waals surface area contributed by atoms with Crippen LogP contribution in [0.25, 0.3) is 0 Å². The third kappa shape index (κ3) is 1.26. The molecule has 1 heterocycles. The maximum Gasteiger partial charge on any atom is 0.377 e. The van der Waals surface area contributed by atoms with E-state index < -0.39 is 19.1 Å². The summed E-state index contributed by atoms with van der Waals surface area (Å²) in [5.41, 5.74) is 0. The molecular weight excluding hydrogens is 169 g/mol. The van der Waals surface area contributed by atoms with E-state index in [9.17, 15) is 9.82 Å². The van der Waals surface area contributed by atoms with Gasteiger partial charge in [0.25, 0.3) is 0 Å². The van der Waals surface area contributed by atoms with Crippen LogP contribution >= 0.6 is 0 Å². The Balaban J connectivity index is 2.20. The lowest BCUT2D eigenvalue weighted by atomic mass is 9.80. The van der Waals surface area contributed by atoms with Crippen LogP contribution in [-0.2, 0) is 4.79 Å². The van der Waals surface area contributed by atoms with Crippen LogP contribution in [0, 0.1) is 5.92 Å². The van der Waals surface area contributed by atoms with Gasteiger partial charge in [-0.3, -0.25) is 4.79 Å². The number of nitrogens with zero attached hydrogens (tertiary/aromatic N) is 1. The highest BCUT2D eigenvalue weighted by atomic mass is 16.4. The molecule has 2 bridgehead atoms. The molecule has 2 N–H and O–H groups in total. The lowest BCUT2D eigenvalue weighted by Gasteiger charge is -2.33. The van der Waals surface area contributed by atoms with Crippen LogP contribution in [0.4, 0.5) is 0 Å². The molecule has 1 aliphatic carbocycles. The van der Waals surface area contributed by atoms with E-state index >= 15 is 0 Å². The molecule has 13 heavy (non-hydrogen) atoms. The van der Waals surface area contributed by atoms with Crippen molar-refractivity contribution >= 4 is 13.0 Å². The molecule has 1 saturated heterocycles. The molecule has 1 aliphatic heterocycles. The van der Waals surface area contributed by atoms with Crippen LogP contribution < -0.4 is 0 Å². The van der Waals surface area contributed by atoms with E-state index in [4.69, 9.17) is 5.11 Å². The molecule has 2 aliphatic rings. The highest BCUT2D eigenvalue weighted by Gasteiger charge is 2.51. The average Bonchev–Trinajstić information content (AvgIpc) is 2.60. The monoisotopic (exact) mass is 183 g/mol. The molecular formula is C8H14BNO3. The molecule has 72 valence electrons. The van der Waals surface area contributed by atoms with E-state index in [1.165, 1.54) is 0 Å². The van der Waals surface area contributed by atoms with Gasteiger partial charge in [0.05, 0.1) is 0 Å². The minimum absolute atomic E-state index is 0.261. The molecule has 0 amide bonds. The number of hydrogen-bond donors (Lipinski definition) is 2. The van der Waals surface area contributed by atoms with Crippen molar-refractivity contribution < 1.29 is 14.9 Å². The van der Waals surface area contributed by atoms with Crippen molar-refractivity contribution in [1.82, 2.24) is 4.81 Å². The Labute approximate surface area is 77.7 Å². The molecule has 0 unspecified atom stereocenters. The molecule has 0 radical (unpaired) electrons. The second-order valence-electron chi connectivity index (χ2n) is 4.09. The quantitative estimate of drug-likeness (QED) is 0.593. The lowest BCUT2D eigenvalue weighted by Crippen LogP contribution is -2.52. The SMILES string of the molecule is CB(O)N1[C@@H]2CC[C@@H](C2)[C@H]1C(=O)O. The number of carboxylic acids is 1. The van der Waals surface area contributed by atoms with Crippen molar-refractivity contribution in [3.05, 3.63) is 0 Å². The van der Waals surface area contributed by atoms with Crippen LogP contribution in [0.1, 0.15) is 19.3 Å². The van der Waals surface area contributed by atoms with E-state index in [0.29, 0.717) is 6.04 Å². The normalized spacial score (nSPS) is 38.2. The lowest BCUT2D eigenvalue weighted by molar-refractivity contribution is -0.143. The van der Waals surface area contributed by atoms with E-state index in [1.807, 2.05) is 0 Å². The summed E-state index contributed by atoms with van der Waals surface area (Å²) in [6.45, 7) is 1.65. The summed E-state index contributed by atoms with van der Waals surface area (Å²) in [5, 5.41) is 18.5. The third-order valence-corrected chi connectivity index (χ3v) is 3.32. The summed E-state index contributed by atoms with van der Waals surface area (Å²) in [5.74, 6) is -0.523. The summed E-state index contributed by atoms with van der Waals surface area (Å²) >= 11 is 0. The van der Waals surface area contributed by atoms with Gasteiger partial charge in [0.2, 0.25) is 0 Å². The van der Waals surface area contributed by atoms with Crippen LogP contribution in [0.2, 0.25) is 6.82 Å². The predicted octanol–water partition coefficient (Wildman–Crippen LogP) is 0.0342. The number of carboxylic acid groups (broad SMARTS) is 1. The highest BCUT2D eigenvalue weighted by Crippen LogP contribution is 2.42. The van der Waals surface area contributed by atoms with Gasteiger partial charge in [-0.15, -0.1) is 0 Å². The second kappa shape index (κ2) is 2.99. The van der Waals surface area contributed by atoms with Gasteiger partial charge in [-0.2, -0.15) is 0 Å². The Morgan fingerprint density at radius 2 is 2.23 bits per heavy atom. The van der Waals surface area contributed by atoms with Crippen molar-refractivity contribution in [2.75, 3.05) is 0 Å². The Hall–Kier alpha value is -0.545. The third-order valence-electron chi connectivity index (χ3n) is 3.32. The number of piperidine rings is 1. The van der Waals surface area contributed by atoms with Crippen molar-refractivity contribution in [3.8, 4) is 0 Å². The van der Waals surface area contributed by atoms with Gasteiger partial charge in [0.15, 0.2) is 0 Å². The molecule has 3 atom stereocenters. The molecule has 2 fully saturated rings. The smallest absolute Gasteiger partial charge is 0.377 e. The van der Waals surface area contributed by atoms with Gasteiger partial charge in [-0.05, 0) is 32.0 Å². The first-order chi connectivity index (χ1) is 6.11. The zero-order valence-electron chi connectivity index (χ0n) is 7.68. The average molecular weight is 183 g/mol. The van der Waals surface area contributed by atoms with Gasteiger partial charge in [-0.25, -0.2) is 0 Å². The molecule has 0 aromatic heterocycles. The Bertz CT molecular complexity index is 233. The fourth-order valence-electron chi connectivity index (χ4n) is 2.89. The summed E-state index contributed by atoms with van der Waals surface area (Å²) in [7, 11) is -0.628. The number of rotatable bonds is 2. The molecule has 0 spiro atoms. The van der Waals surface area contributed by atoms with E-state index in [1.54, 1.807) is 11.6 Å². The maximum atomic E-state index is 11.0. The van der Waals surface area contributed by atoms with E-state index in [2.05, 4.69) is 0 Å². The molecule has 5 heteroatoms. The van der Waals surface area contributed by atoms with Gasteiger partial charge < -0.3 is 14.9 Å². The van der Waals surface area contributed by atoms with E-state index in [-0.39, 0.29) is 5.92 Å². The number of fused-ring (bicyclic) bond motifs is 2. The minimum Gasteiger partial charge on any atom is -0.480 e. The standard InChI is InChI=1S/C8H14BNO3/c1-9(13)10-6-3-2-5(4-6)7(10)8(11)12/h5-7,13H,2-4H2,1H3,(H,11,12)/t5-,6+,7-/m0/s1. The second-order valence-corrected chi connectivity index (χ2v) is 4.09. The molecule has 0 aromatic carbocycles. The largest absolute Gasteiger partial charge is 0.480 e. The summed E-state index contributed by atoms with van der Waals surface area (Å²) in [4.78, 5) is 12.7. The fourth-order valence-corrected chi connectivity index (χ4v) is 2.89. The highest BCUT2D eigenvalue weighted by molar-refractivity contribution is 6.46. The van der Waals surface area contributed by atoms with Gasteiger partial charge in [-0.1, -0.05) is 0 Å². The van der Waals surface area contributed by atoms with Crippen LogP contribution in [0.3, 0.4) is 0 Å². The topological polar surface area (TPSA) is 60.8 Å². The van der Waals surface area contributed by atoms with Crippen molar-refractivity contribution in [2.45, 2.75) is 38.2 Å². The van der Waals surface area contributed by atoms with Gasteiger partial charge in [0, 0.05) is 6.04 Å². The predicted molar refractivity (Wildman–Crippen MR) is 48.2 cm³/mol. The number of aliphatic carboxylic acids is 1. The summed E-state index contributed by atoms with van der Waals surface area (Å²) in [6.07, 6.45) is 2.99. The van der Waals surface area contributed by atoms with Crippen LogP contribution in [0.15, 0.2) is 0 Å². The summed E-state index contributed by atoms with van der Waals surface area (Å²) < 4.78 is 0. The minimum atomic E-state index is -0.784. The Kier molecular flexibility index (Phi) is 2.08. The number of hydrogen-bond acceptors (Lipinski definition) is 3.